The molecule has 0 radical (unpaired) electrons. The van der Waals surface area contributed by atoms with Crippen LogP contribution in [0.1, 0.15) is 72.1 Å². The van der Waals surface area contributed by atoms with E-state index in [1.54, 1.807) is 5.57 Å². The minimum atomic E-state index is -0.0386. The lowest BCUT2D eigenvalue weighted by Crippen LogP contribution is -2.50. The first-order chi connectivity index (χ1) is 11.9. The van der Waals surface area contributed by atoms with Crippen molar-refractivity contribution in [2.45, 2.75) is 83.8 Å². The molecule has 4 heteroatoms. The third kappa shape index (κ3) is 2.52. The number of fused-ring (bicyclic) bond motifs is 5. The van der Waals surface area contributed by atoms with Gasteiger partial charge in [0.25, 0.3) is 0 Å². The molecule has 4 aliphatic rings. The summed E-state index contributed by atoms with van der Waals surface area (Å²) in [5.74, 6) is 2.79. The first-order valence-electron chi connectivity index (χ1n) is 10.3. The van der Waals surface area contributed by atoms with Gasteiger partial charge >= 0.3 is 0 Å². The molecular formula is C21H32NO2P. The Balaban J connectivity index is 1.63. The van der Waals surface area contributed by atoms with E-state index in [0.717, 1.165) is 30.6 Å². The van der Waals surface area contributed by atoms with Gasteiger partial charge in [-0.2, -0.15) is 4.91 Å². The summed E-state index contributed by atoms with van der Waals surface area (Å²) in [6.45, 7) is 6.99. The lowest BCUT2D eigenvalue weighted by molar-refractivity contribution is -0.0435. The van der Waals surface area contributed by atoms with Gasteiger partial charge in [-0.05, 0) is 92.8 Å². The first-order valence-corrected chi connectivity index (χ1v) is 11.2. The summed E-state index contributed by atoms with van der Waals surface area (Å²) in [6.07, 6.45) is 12.1. The Hall–Kier alpha value is -0.560. The Kier molecular flexibility index (Phi) is 4.46. The van der Waals surface area contributed by atoms with Gasteiger partial charge in [-0.25, -0.2) is 0 Å². The Labute approximate surface area is 153 Å². The summed E-state index contributed by atoms with van der Waals surface area (Å²) in [4.78, 5) is 11.2. The van der Waals surface area contributed by atoms with E-state index >= 15 is 0 Å². The van der Waals surface area contributed by atoms with Crippen LogP contribution in [0.25, 0.3) is 0 Å². The second-order valence-corrected chi connectivity index (χ2v) is 10.8. The second kappa shape index (κ2) is 6.25. The van der Waals surface area contributed by atoms with Crippen molar-refractivity contribution in [2.24, 2.45) is 39.7 Å². The van der Waals surface area contributed by atoms with Crippen molar-refractivity contribution in [3.05, 3.63) is 16.6 Å². The van der Waals surface area contributed by atoms with E-state index in [4.69, 9.17) is 0 Å². The molecule has 138 valence electrons. The van der Waals surface area contributed by atoms with Gasteiger partial charge in [0.15, 0.2) is 8.46 Å². The van der Waals surface area contributed by atoms with E-state index in [1.807, 2.05) is 6.92 Å². The minimum absolute atomic E-state index is 0.0386. The fourth-order valence-corrected chi connectivity index (χ4v) is 8.14. The maximum atomic E-state index is 11.4. The van der Waals surface area contributed by atoms with Gasteiger partial charge in [-0.3, -0.25) is 4.57 Å². The molecule has 0 aromatic rings. The molecule has 3 fully saturated rings. The fraction of sp³-hybridized carbons (Fsp3) is 0.905. The summed E-state index contributed by atoms with van der Waals surface area (Å²) in [7, 11) is 0.338. The molecule has 4 rings (SSSR count). The standard InChI is InChI=1S/C21H32NO2P/c1-13(22-23)17-6-7-18-16-5-4-14-12-15(25-24)8-10-20(14,2)19(16)9-11-21(17,18)3/h4,13,15-19H,5-12H2,1-3H3/t13?,15?,16?,17-,18?,19?,20+,21-/m1/s1. The lowest BCUT2D eigenvalue weighted by Gasteiger charge is -2.58. The zero-order valence-corrected chi connectivity index (χ0v) is 16.8. The molecule has 0 aromatic heterocycles. The fourth-order valence-electron chi connectivity index (χ4n) is 7.64. The highest BCUT2D eigenvalue weighted by Gasteiger charge is 2.59. The van der Waals surface area contributed by atoms with Gasteiger partial charge in [-0.15, -0.1) is 0 Å². The third-order valence-corrected chi connectivity index (χ3v) is 9.79. The molecule has 0 N–H and O–H groups in total. The Morgan fingerprint density at radius 1 is 1.16 bits per heavy atom. The molecular weight excluding hydrogens is 329 g/mol. The van der Waals surface area contributed by atoms with Crippen LogP contribution in [0.2, 0.25) is 0 Å². The maximum Gasteiger partial charge on any atom is 0.158 e. The molecule has 0 bridgehead atoms. The van der Waals surface area contributed by atoms with Crippen LogP contribution in [0, 0.1) is 39.4 Å². The van der Waals surface area contributed by atoms with Crippen molar-refractivity contribution in [3.63, 3.8) is 0 Å². The van der Waals surface area contributed by atoms with E-state index in [2.05, 4.69) is 25.1 Å². The maximum absolute atomic E-state index is 11.4. The smallest absolute Gasteiger partial charge is 0.158 e. The zero-order valence-electron chi connectivity index (χ0n) is 15.9. The minimum Gasteiger partial charge on any atom is -0.275 e. The van der Waals surface area contributed by atoms with Crippen LogP contribution < -0.4 is 0 Å². The topological polar surface area (TPSA) is 46.5 Å². The van der Waals surface area contributed by atoms with Crippen LogP contribution in [0.3, 0.4) is 0 Å². The average molecular weight is 361 g/mol. The number of rotatable bonds is 3. The van der Waals surface area contributed by atoms with Crippen molar-refractivity contribution in [2.75, 3.05) is 0 Å². The second-order valence-electron chi connectivity index (χ2n) is 9.84. The molecule has 4 aliphatic carbocycles. The van der Waals surface area contributed by atoms with Crippen molar-refractivity contribution in [1.29, 1.82) is 0 Å². The Morgan fingerprint density at radius 2 is 1.96 bits per heavy atom. The SMILES string of the molecule is CC(N=O)[C@H]1CCC2C3CC=C4CC(P=O)CC[C@]4(C)C3CC[C@@]21C. The van der Waals surface area contributed by atoms with Crippen LogP contribution >= 0.6 is 8.46 Å². The van der Waals surface area contributed by atoms with E-state index in [0.29, 0.717) is 30.9 Å². The van der Waals surface area contributed by atoms with E-state index in [-0.39, 0.29) is 6.04 Å². The summed E-state index contributed by atoms with van der Waals surface area (Å²) < 4.78 is 11.4. The lowest BCUT2D eigenvalue weighted by atomic mass is 9.47. The van der Waals surface area contributed by atoms with Crippen molar-refractivity contribution in [3.8, 4) is 0 Å². The van der Waals surface area contributed by atoms with Gasteiger partial charge in [0, 0.05) is 5.66 Å². The summed E-state index contributed by atoms with van der Waals surface area (Å²) in [6, 6.07) is -0.0386. The summed E-state index contributed by atoms with van der Waals surface area (Å²) in [5, 5.41) is 3.42. The largest absolute Gasteiger partial charge is 0.275 e. The van der Waals surface area contributed by atoms with Crippen LogP contribution in [0.5, 0.6) is 0 Å². The van der Waals surface area contributed by atoms with Crippen LogP contribution in [0.4, 0.5) is 0 Å². The molecule has 0 aliphatic heterocycles. The zero-order chi connectivity index (χ0) is 17.8. The van der Waals surface area contributed by atoms with Crippen molar-refractivity contribution >= 4 is 8.46 Å². The number of nitrogens with zero attached hydrogens (tertiary/aromatic N) is 1. The van der Waals surface area contributed by atoms with Crippen LogP contribution in [-0.4, -0.2) is 11.7 Å². The van der Waals surface area contributed by atoms with Gasteiger partial charge in [0.2, 0.25) is 0 Å². The molecule has 0 saturated heterocycles. The number of allylic oxidation sites excluding steroid dienone is 2. The van der Waals surface area contributed by atoms with E-state index < -0.39 is 0 Å². The number of hydrogen-bond donors (Lipinski definition) is 0. The molecule has 5 unspecified atom stereocenters. The Morgan fingerprint density at radius 3 is 2.68 bits per heavy atom. The first kappa shape index (κ1) is 17.8. The van der Waals surface area contributed by atoms with Crippen molar-refractivity contribution in [1.82, 2.24) is 0 Å². The van der Waals surface area contributed by atoms with E-state index in [9.17, 15) is 9.47 Å². The molecule has 8 atom stereocenters. The average Bonchev–Trinajstić information content (AvgIpc) is 2.97. The summed E-state index contributed by atoms with van der Waals surface area (Å²) >= 11 is 0. The van der Waals surface area contributed by atoms with Crippen LogP contribution in [-0.2, 0) is 4.57 Å². The summed E-state index contributed by atoms with van der Waals surface area (Å²) in [5.41, 5.74) is 2.59. The quantitative estimate of drug-likeness (QED) is 0.332. The van der Waals surface area contributed by atoms with Crippen molar-refractivity contribution < 1.29 is 4.57 Å². The normalized spacial score (nSPS) is 50.4. The molecule has 0 heterocycles. The van der Waals surface area contributed by atoms with Gasteiger partial charge < -0.3 is 0 Å². The van der Waals surface area contributed by atoms with Gasteiger partial charge in [0.05, 0.1) is 6.04 Å². The van der Waals surface area contributed by atoms with E-state index in [1.165, 1.54) is 38.5 Å². The molecule has 0 aromatic carbocycles. The predicted octanol–water partition coefficient (Wildman–Crippen LogP) is 6.38. The van der Waals surface area contributed by atoms with Crippen LogP contribution in [0.15, 0.2) is 16.8 Å². The molecule has 3 saturated carbocycles. The number of hydrogen-bond acceptors (Lipinski definition) is 3. The Bertz CT molecular complexity index is 605. The van der Waals surface area contributed by atoms with Gasteiger partial charge in [-0.1, -0.05) is 30.7 Å². The molecule has 3 nitrogen and oxygen atoms in total. The molecule has 25 heavy (non-hydrogen) atoms. The highest BCUT2D eigenvalue weighted by Crippen LogP contribution is 2.67. The number of nitroso groups, excluding NO2 is 1. The highest BCUT2D eigenvalue weighted by molar-refractivity contribution is 7.24. The highest BCUT2D eigenvalue weighted by atomic mass is 31.1. The predicted molar refractivity (Wildman–Crippen MR) is 102 cm³/mol. The van der Waals surface area contributed by atoms with Gasteiger partial charge in [0.1, 0.15) is 0 Å². The monoisotopic (exact) mass is 361 g/mol. The molecule has 0 spiro atoms. The third-order valence-electron chi connectivity index (χ3n) is 9.05. The molecule has 0 amide bonds.